The van der Waals surface area contributed by atoms with Crippen LogP contribution in [0.3, 0.4) is 0 Å². The van der Waals surface area contributed by atoms with Crippen molar-refractivity contribution in [2.45, 2.75) is 18.3 Å². The van der Waals surface area contributed by atoms with E-state index in [0.717, 1.165) is 6.92 Å². The predicted octanol–water partition coefficient (Wildman–Crippen LogP) is 1.95. The van der Waals surface area contributed by atoms with E-state index in [1.54, 1.807) is 30.3 Å². The highest BCUT2D eigenvalue weighted by atomic mass is 32.2. The summed E-state index contributed by atoms with van der Waals surface area (Å²) in [4.78, 5) is 0. The summed E-state index contributed by atoms with van der Waals surface area (Å²) < 4.78 is 65.2. The van der Waals surface area contributed by atoms with Crippen molar-refractivity contribution in [3.05, 3.63) is 30.3 Å². The summed E-state index contributed by atoms with van der Waals surface area (Å²) in [5.41, 5.74) is 0. The number of rotatable bonds is 7. The SMILES string of the molecule is CC(OCCOc1ccccc1)C(F)(F)S(=O)(=O)O. The van der Waals surface area contributed by atoms with E-state index in [0.29, 0.717) is 5.75 Å². The highest BCUT2D eigenvalue weighted by Gasteiger charge is 2.50. The molecule has 1 aromatic carbocycles. The number of alkyl halides is 2. The molecule has 0 amide bonds. The lowest BCUT2D eigenvalue weighted by Gasteiger charge is -2.20. The fourth-order valence-electron chi connectivity index (χ4n) is 1.21. The maximum atomic E-state index is 13.1. The average Bonchev–Trinajstić information content (AvgIpc) is 2.34. The summed E-state index contributed by atoms with van der Waals surface area (Å²) in [6, 6.07) is 8.63. The first-order valence-electron chi connectivity index (χ1n) is 5.39. The molecule has 1 atom stereocenters. The van der Waals surface area contributed by atoms with Gasteiger partial charge in [0.15, 0.2) is 0 Å². The van der Waals surface area contributed by atoms with Crippen LogP contribution in [0.4, 0.5) is 8.78 Å². The number of halogens is 2. The summed E-state index contributed by atoms with van der Waals surface area (Å²) in [6.45, 7) is 0.605. The maximum absolute atomic E-state index is 13.1. The van der Waals surface area contributed by atoms with Crippen molar-refractivity contribution in [2.24, 2.45) is 0 Å². The molecular formula is C11H14F2O5S. The Bertz CT molecular complexity index is 489. The van der Waals surface area contributed by atoms with Crippen molar-refractivity contribution in [2.75, 3.05) is 13.2 Å². The van der Waals surface area contributed by atoms with Crippen LogP contribution in [0.2, 0.25) is 0 Å². The van der Waals surface area contributed by atoms with Gasteiger partial charge in [0, 0.05) is 0 Å². The lowest BCUT2D eigenvalue weighted by Crippen LogP contribution is -2.41. The second-order valence-electron chi connectivity index (χ2n) is 3.71. The summed E-state index contributed by atoms with van der Waals surface area (Å²) in [5.74, 6) is 0.542. The van der Waals surface area contributed by atoms with Crippen molar-refractivity contribution in [3.63, 3.8) is 0 Å². The van der Waals surface area contributed by atoms with E-state index in [1.807, 2.05) is 0 Å². The quantitative estimate of drug-likeness (QED) is 0.615. The minimum Gasteiger partial charge on any atom is -0.491 e. The van der Waals surface area contributed by atoms with E-state index in [1.165, 1.54) is 0 Å². The Morgan fingerprint density at radius 1 is 1.26 bits per heavy atom. The molecule has 5 nitrogen and oxygen atoms in total. The van der Waals surface area contributed by atoms with Crippen LogP contribution in [0.15, 0.2) is 30.3 Å². The molecule has 0 spiro atoms. The van der Waals surface area contributed by atoms with Crippen molar-refractivity contribution in [1.82, 2.24) is 0 Å². The van der Waals surface area contributed by atoms with Gasteiger partial charge in [-0.2, -0.15) is 17.2 Å². The molecule has 0 aromatic heterocycles. The Morgan fingerprint density at radius 2 is 1.84 bits per heavy atom. The van der Waals surface area contributed by atoms with Gasteiger partial charge in [-0.15, -0.1) is 0 Å². The largest absolute Gasteiger partial charge is 0.491 e. The zero-order valence-corrected chi connectivity index (χ0v) is 10.9. The first-order chi connectivity index (χ1) is 8.75. The normalized spacial score (nSPS) is 14.1. The van der Waals surface area contributed by atoms with Gasteiger partial charge in [-0.1, -0.05) is 18.2 Å². The fourth-order valence-corrected chi connectivity index (χ4v) is 1.70. The Morgan fingerprint density at radius 3 is 2.37 bits per heavy atom. The van der Waals surface area contributed by atoms with Gasteiger partial charge < -0.3 is 9.47 Å². The van der Waals surface area contributed by atoms with Crippen molar-refractivity contribution >= 4 is 10.1 Å². The molecule has 0 fully saturated rings. The first kappa shape index (κ1) is 15.8. The van der Waals surface area contributed by atoms with Crippen molar-refractivity contribution < 1.29 is 31.2 Å². The Hall–Kier alpha value is -1.25. The van der Waals surface area contributed by atoms with Gasteiger partial charge in [0.05, 0.1) is 6.61 Å². The van der Waals surface area contributed by atoms with Crippen LogP contribution in [0, 0.1) is 0 Å². The molecule has 0 heterocycles. The standard InChI is InChI=1S/C11H14F2O5S/c1-9(11(12,13)19(14,15)16)17-7-8-18-10-5-3-2-4-6-10/h2-6,9H,7-8H2,1H3,(H,14,15,16). The Labute approximate surface area is 109 Å². The van der Waals surface area contributed by atoms with Gasteiger partial charge >= 0.3 is 15.4 Å². The highest BCUT2D eigenvalue weighted by Crippen LogP contribution is 2.26. The third-order valence-corrected chi connectivity index (χ3v) is 3.30. The molecule has 8 heteroatoms. The molecule has 108 valence electrons. The lowest BCUT2D eigenvalue weighted by atomic mass is 10.3. The van der Waals surface area contributed by atoms with Crippen molar-refractivity contribution in [3.8, 4) is 5.75 Å². The second-order valence-corrected chi connectivity index (χ2v) is 5.21. The van der Waals surface area contributed by atoms with E-state index in [4.69, 9.17) is 9.29 Å². The molecule has 1 N–H and O–H groups in total. The van der Waals surface area contributed by atoms with Crippen LogP contribution in [0.1, 0.15) is 6.92 Å². The summed E-state index contributed by atoms with van der Waals surface area (Å²) >= 11 is 0. The molecule has 0 aliphatic rings. The summed E-state index contributed by atoms with van der Waals surface area (Å²) in [6.07, 6.45) is -1.97. The van der Waals surface area contributed by atoms with Crippen LogP contribution < -0.4 is 4.74 Å². The zero-order valence-electron chi connectivity index (χ0n) is 10.1. The van der Waals surface area contributed by atoms with Crippen LogP contribution in [-0.2, 0) is 14.9 Å². The van der Waals surface area contributed by atoms with E-state index < -0.39 is 21.5 Å². The number of hydrogen-bond acceptors (Lipinski definition) is 4. The Kier molecular flexibility index (Phi) is 5.21. The number of hydrogen-bond donors (Lipinski definition) is 1. The molecule has 0 aliphatic heterocycles. The van der Waals surface area contributed by atoms with Gasteiger partial charge in [-0.3, -0.25) is 4.55 Å². The number of ether oxygens (including phenoxy) is 2. The van der Waals surface area contributed by atoms with Crippen LogP contribution >= 0.6 is 0 Å². The molecular weight excluding hydrogens is 282 g/mol. The molecule has 1 aromatic rings. The fraction of sp³-hybridized carbons (Fsp3) is 0.455. The van der Waals surface area contributed by atoms with Crippen molar-refractivity contribution in [1.29, 1.82) is 0 Å². The first-order valence-corrected chi connectivity index (χ1v) is 6.83. The molecule has 0 saturated carbocycles. The molecule has 19 heavy (non-hydrogen) atoms. The lowest BCUT2D eigenvalue weighted by molar-refractivity contribution is -0.0826. The third kappa shape index (κ3) is 4.41. The topological polar surface area (TPSA) is 72.8 Å². The monoisotopic (exact) mass is 296 g/mol. The molecule has 0 bridgehead atoms. The molecule has 0 aliphatic carbocycles. The third-order valence-electron chi connectivity index (χ3n) is 2.28. The minimum absolute atomic E-state index is 0.0179. The van der Waals surface area contributed by atoms with Gasteiger partial charge in [0.1, 0.15) is 18.5 Å². The second kappa shape index (κ2) is 6.27. The molecule has 0 radical (unpaired) electrons. The molecule has 0 saturated heterocycles. The Balaban J connectivity index is 2.38. The van der Waals surface area contributed by atoms with Gasteiger partial charge in [0.25, 0.3) is 0 Å². The van der Waals surface area contributed by atoms with Crippen LogP contribution in [0.5, 0.6) is 5.75 Å². The zero-order chi connectivity index (χ0) is 14.5. The summed E-state index contributed by atoms with van der Waals surface area (Å²) in [7, 11) is -5.49. The highest BCUT2D eigenvalue weighted by molar-refractivity contribution is 7.86. The maximum Gasteiger partial charge on any atom is 0.394 e. The number of benzene rings is 1. The van der Waals surface area contributed by atoms with E-state index in [-0.39, 0.29) is 13.2 Å². The number of para-hydroxylation sites is 1. The van der Waals surface area contributed by atoms with Crippen LogP contribution in [0.25, 0.3) is 0 Å². The van der Waals surface area contributed by atoms with E-state index in [2.05, 4.69) is 4.74 Å². The van der Waals surface area contributed by atoms with Gasteiger partial charge in [0.2, 0.25) is 0 Å². The molecule has 1 unspecified atom stereocenters. The van der Waals surface area contributed by atoms with E-state index in [9.17, 15) is 17.2 Å². The van der Waals surface area contributed by atoms with Gasteiger partial charge in [-0.25, -0.2) is 0 Å². The predicted molar refractivity (Wildman–Crippen MR) is 63.8 cm³/mol. The smallest absolute Gasteiger partial charge is 0.394 e. The molecule has 1 rings (SSSR count). The minimum atomic E-state index is -5.49. The van der Waals surface area contributed by atoms with Crippen LogP contribution in [-0.4, -0.2) is 37.5 Å². The average molecular weight is 296 g/mol. The summed E-state index contributed by atoms with van der Waals surface area (Å²) in [5, 5.41) is -4.35. The van der Waals surface area contributed by atoms with E-state index >= 15 is 0 Å². The van der Waals surface area contributed by atoms with Gasteiger partial charge in [-0.05, 0) is 19.1 Å².